The molecule has 5 rings (SSSR count). The van der Waals surface area contributed by atoms with Crippen LogP contribution < -0.4 is 9.80 Å². The number of aromatic amines is 1. The van der Waals surface area contributed by atoms with E-state index in [2.05, 4.69) is 82.1 Å². The molecule has 5 heteroatoms. The molecular formula is C21H20N4O. The van der Waals surface area contributed by atoms with Crippen LogP contribution in [0.5, 0.6) is 0 Å². The standard InChI is InChI=1S/C21H20N4O/c1-21(2,19-13-15-7-3-4-8-16(15)23-19)25-14-24(20-22-11-12-26-20)17-9-5-6-10-18(17)25/h3-13,23H,14H2,1-2H3. The van der Waals surface area contributed by atoms with E-state index in [-0.39, 0.29) is 5.54 Å². The highest BCUT2D eigenvalue weighted by atomic mass is 16.4. The fraction of sp³-hybridized carbons (Fsp3) is 0.190. The van der Waals surface area contributed by atoms with Gasteiger partial charge in [-0.2, -0.15) is 0 Å². The lowest BCUT2D eigenvalue weighted by atomic mass is 9.97. The summed E-state index contributed by atoms with van der Waals surface area (Å²) in [5, 5.41) is 1.23. The van der Waals surface area contributed by atoms with Gasteiger partial charge in [0.2, 0.25) is 0 Å². The van der Waals surface area contributed by atoms with Crippen molar-refractivity contribution in [2.45, 2.75) is 19.4 Å². The van der Waals surface area contributed by atoms with Gasteiger partial charge in [0.15, 0.2) is 0 Å². The first-order valence-corrected chi connectivity index (χ1v) is 8.76. The monoisotopic (exact) mass is 344 g/mol. The summed E-state index contributed by atoms with van der Waals surface area (Å²) >= 11 is 0. The third-order valence-electron chi connectivity index (χ3n) is 5.26. The number of aromatic nitrogens is 2. The number of hydrogen-bond acceptors (Lipinski definition) is 4. The maximum Gasteiger partial charge on any atom is 0.303 e. The van der Waals surface area contributed by atoms with E-state index >= 15 is 0 Å². The molecular weight excluding hydrogens is 324 g/mol. The molecule has 4 aromatic rings. The molecule has 2 aromatic heterocycles. The quantitative estimate of drug-likeness (QED) is 0.568. The van der Waals surface area contributed by atoms with E-state index < -0.39 is 0 Å². The third kappa shape index (κ3) is 2.13. The van der Waals surface area contributed by atoms with E-state index in [9.17, 15) is 0 Å². The van der Waals surface area contributed by atoms with E-state index in [4.69, 9.17) is 4.42 Å². The minimum absolute atomic E-state index is 0.226. The van der Waals surface area contributed by atoms with Crippen LogP contribution in [0, 0.1) is 0 Å². The lowest BCUT2D eigenvalue weighted by molar-refractivity contribution is 0.475. The van der Waals surface area contributed by atoms with Crippen molar-refractivity contribution in [1.82, 2.24) is 9.97 Å². The molecule has 0 unspecified atom stereocenters. The number of anilines is 3. The van der Waals surface area contributed by atoms with Gasteiger partial charge in [0.25, 0.3) is 0 Å². The molecule has 0 atom stereocenters. The third-order valence-corrected chi connectivity index (χ3v) is 5.26. The van der Waals surface area contributed by atoms with Crippen LogP contribution in [0.2, 0.25) is 0 Å². The number of hydrogen-bond donors (Lipinski definition) is 1. The highest BCUT2D eigenvalue weighted by molar-refractivity contribution is 5.83. The molecule has 0 fully saturated rings. The summed E-state index contributed by atoms with van der Waals surface area (Å²) in [7, 11) is 0. The van der Waals surface area contributed by atoms with Gasteiger partial charge in [0, 0.05) is 11.2 Å². The molecule has 5 nitrogen and oxygen atoms in total. The molecule has 130 valence electrons. The molecule has 0 amide bonds. The zero-order valence-corrected chi connectivity index (χ0v) is 14.8. The zero-order valence-electron chi connectivity index (χ0n) is 14.8. The van der Waals surface area contributed by atoms with Gasteiger partial charge in [-0.15, -0.1) is 0 Å². The fourth-order valence-electron chi connectivity index (χ4n) is 3.75. The predicted molar refractivity (Wildman–Crippen MR) is 104 cm³/mol. The molecule has 0 spiro atoms. The van der Waals surface area contributed by atoms with Gasteiger partial charge in [-0.1, -0.05) is 30.3 Å². The molecule has 26 heavy (non-hydrogen) atoms. The summed E-state index contributed by atoms with van der Waals surface area (Å²) in [4.78, 5) is 12.4. The largest absolute Gasteiger partial charge is 0.432 e. The molecule has 1 N–H and O–H groups in total. The Kier molecular flexibility index (Phi) is 3.13. The van der Waals surface area contributed by atoms with Crippen LogP contribution in [-0.4, -0.2) is 16.6 Å². The highest BCUT2D eigenvalue weighted by Crippen LogP contribution is 2.45. The van der Waals surface area contributed by atoms with E-state index in [1.54, 1.807) is 12.5 Å². The Morgan fingerprint density at radius 2 is 1.81 bits per heavy atom. The summed E-state index contributed by atoms with van der Waals surface area (Å²) in [6, 6.07) is 19.6. The van der Waals surface area contributed by atoms with Gasteiger partial charge >= 0.3 is 6.01 Å². The first kappa shape index (κ1) is 15.1. The molecule has 1 aliphatic rings. The second kappa shape index (κ2) is 5.39. The van der Waals surface area contributed by atoms with Crippen molar-refractivity contribution in [2.75, 3.05) is 16.5 Å². The molecule has 0 radical (unpaired) electrons. The lowest BCUT2D eigenvalue weighted by Crippen LogP contribution is -2.43. The number of nitrogens with one attached hydrogen (secondary N) is 1. The Balaban J connectivity index is 1.60. The smallest absolute Gasteiger partial charge is 0.303 e. The highest BCUT2D eigenvalue weighted by Gasteiger charge is 2.39. The molecule has 0 bridgehead atoms. The lowest BCUT2D eigenvalue weighted by Gasteiger charge is -2.36. The van der Waals surface area contributed by atoms with Crippen LogP contribution >= 0.6 is 0 Å². The Labute approximate surface area is 151 Å². The molecule has 3 heterocycles. The van der Waals surface area contributed by atoms with Crippen LogP contribution in [0.4, 0.5) is 17.4 Å². The predicted octanol–water partition coefficient (Wildman–Crippen LogP) is 5.01. The van der Waals surface area contributed by atoms with Gasteiger partial charge in [0.05, 0.1) is 23.1 Å². The topological polar surface area (TPSA) is 48.3 Å². The van der Waals surface area contributed by atoms with Crippen LogP contribution in [0.15, 0.2) is 71.5 Å². The van der Waals surface area contributed by atoms with E-state index in [1.165, 1.54) is 16.8 Å². The Morgan fingerprint density at radius 3 is 2.58 bits per heavy atom. The number of rotatable bonds is 3. The Morgan fingerprint density at radius 1 is 1.04 bits per heavy atom. The van der Waals surface area contributed by atoms with Crippen molar-refractivity contribution in [2.24, 2.45) is 0 Å². The second-order valence-electron chi connectivity index (χ2n) is 7.13. The second-order valence-corrected chi connectivity index (χ2v) is 7.13. The van der Waals surface area contributed by atoms with E-state index in [0.717, 1.165) is 11.2 Å². The zero-order chi connectivity index (χ0) is 17.7. The summed E-state index contributed by atoms with van der Waals surface area (Å²) in [5.74, 6) is 0. The maximum absolute atomic E-state index is 5.57. The van der Waals surface area contributed by atoms with Crippen LogP contribution in [0.1, 0.15) is 19.5 Å². The summed E-state index contributed by atoms with van der Waals surface area (Å²) in [6.45, 7) is 5.17. The number of nitrogens with zero attached hydrogens (tertiary/aromatic N) is 3. The summed E-state index contributed by atoms with van der Waals surface area (Å²) in [5.41, 5.74) is 4.40. The molecule has 0 aliphatic carbocycles. The van der Waals surface area contributed by atoms with Gasteiger partial charge in [0.1, 0.15) is 12.9 Å². The van der Waals surface area contributed by atoms with Crippen LogP contribution in [0.25, 0.3) is 10.9 Å². The minimum Gasteiger partial charge on any atom is -0.432 e. The van der Waals surface area contributed by atoms with Crippen molar-refractivity contribution < 1.29 is 4.42 Å². The fourth-order valence-corrected chi connectivity index (χ4v) is 3.75. The van der Waals surface area contributed by atoms with Crippen molar-refractivity contribution >= 4 is 28.3 Å². The number of para-hydroxylation sites is 3. The van der Waals surface area contributed by atoms with Gasteiger partial charge < -0.3 is 14.3 Å². The first-order chi connectivity index (χ1) is 12.6. The molecule has 0 saturated carbocycles. The number of H-pyrrole nitrogens is 1. The van der Waals surface area contributed by atoms with Crippen molar-refractivity contribution in [3.8, 4) is 0 Å². The number of oxazole rings is 1. The van der Waals surface area contributed by atoms with Gasteiger partial charge in [-0.05, 0) is 43.5 Å². The molecule has 0 saturated heterocycles. The minimum atomic E-state index is -0.226. The van der Waals surface area contributed by atoms with Crippen molar-refractivity contribution in [3.63, 3.8) is 0 Å². The summed E-state index contributed by atoms with van der Waals surface area (Å²) in [6.07, 6.45) is 3.30. The average Bonchev–Trinajstić information content (AvgIpc) is 3.38. The van der Waals surface area contributed by atoms with E-state index in [1.807, 2.05) is 6.07 Å². The van der Waals surface area contributed by atoms with Crippen LogP contribution in [0.3, 0.4) is 0 Å². The Hall–Kier alpha value is -3.21. The average molecular weight is 344 g/mol. The first-order valence-electron chi connectivity index (χ1n) is 8.76. The van der Waals surface area contributed by atoms with Crippen LogP contribution in [-0.2, 0) is 5.54 Å². The number of benzene rings is 2. The van der Waals surface area contributed by atoms with Crippen molar-refractivity contribution in [1.29, 1.82) is 0 Å². The van der Waals surface area contributed by atoms with Gasteiger partial charge in [-0.25, -0.2) is 4.98 Å². The SMILES string of the molecule is CC(C)(c1cc2ccccc2[nH]1)N1CN(c2ncco2)c2ccccc21. The van der Waals surface area contributed by atoms with E-state index in [0.29, 0.717) is 12.7 Å². The van der Waals surface area contributed by atoms with Gasteiger partial charge in [-0.3, -0.25) is 4.90 Å². The Bertz CT molecular complexity index is 1030. The normalized spacial score (nSPS) is 14.2. The maximum atomic E-state index is 5.57. The van der Waals surface area contributed by atoms with Crippen molar-refractivity contribution in [3.05, 3.63) is 72.8 Å². The summed E-state index contributed by atoms with van der Waals surface area (Å²) < 4.78 is 5.57. The number of fused-ring (bicyclic) bond motifs is 2. The molecule has 2 aromatic carbocycles. The molecule has 1 aliphatic heterocycles.